The highest BCUT2D eigenvalue weighted by Gasteiger charge is 2.04. The Morgan fingerprint density at radius 3 is 2.30 bits per heavy atom. The molecule has 0 bridgehead atoms. The summed E-state index contributed by atoms with van der Waals surface area (Å²) in [5.41, 5.74) is 2.01. The molecule has 0 aliphatic heterocycles. The first kappa shape index (κ1) is 14.9. The van der Waals surface area contributed by atoms with Gasteiger partial charge in [0.05, 0.1) is 0 Å². The molecule has 0 saturated heterocycles. The van der Waals surface area contributed by atoms with E-state index in [4.69, 9.17) is 0 Å². The van der Waals surface area contributed by atoms with Gasteiger partial charge in [0.2, 0.25) is 5.95 Å². The number of nitrogens with zero attached hydrogens (tertiary/aromatic N) is 2. The molecule has 3 aromatic rings. The lowest BCUT2D eigenvalue weighted by Gasteiger charge is -2.10. The van der Waals surface area contributed by atoms with Gasteiger partial charge in [-0.25, -0.2) is 13.8 Å². The number of nitrogens with one attached hydrogen (secondary N) is 2. The third kappa shape index (κ3) is 4.00. The quantitative estimate of drug-likeness (QED) is 0.742. The number of aryl methyl sites for hydroxylation is 1. The van der Waals surface area contributed by atoms with Crippen LogP contribution in [0.15, 0.2) is 54.6 Å². The van der Waals surface area contributed by atoms with Crippen molar-refractivity contribution in [3.63, 3.8) is 0 Å². The molecule has 0 saturated carbocycles. The topological polar surface area (TPSA) is 49.8 Å². The Labute approximate surface area is 132 Å². The van der Waals surface area contributed by atoms with Crippen molar-refractivity contribution in [2.45, 2.75) is 6.92 Å². The zero-order valence-corrected chi connectivity index (χ0v) is 12.3. The van der Waals surface area contributed by atoms with Gasteiger partial charge in [-0.05, 0) is 49.4 Å². The van der Waals surface area contributed by atoms with Crippen molar-refractivity contribution < 1.29 is 8.78 Å². The third-order valence-electron chi connectivity index (χ3n) is 3.05. The molecule has 1 aromatic heterocycles. The van der Waals surface area contributed by atoms with E-state index in [-0.39, 0.29) is 11.6 Å². The highest BCUT2D eigenvalue weighted by atomic mass is 19.1. The summed E-state index contributed by atoms with van der Waals surface area (Å²) >= 11 is 0. The van der Waals surface area contributed by atoms with Gasteiger partial charge in [-0.15, -0.1) is 0 Å². The molecule has 4 nitrogen and oxygen atoms in total. The number of hydrogen-bond acceptors (Lipinski definition) is 4. The van der Waals surface area contributed by atoms with Crippen LogP contribution in [0.25, 0.3) is 0 Å². The molecule has 0 fully saturated rings. The molecule has 23 heavy (non-hydrogen) atoms. The molecular formula is C17H14F2N4. The van der Waals surface area contributed by atoms with Crippen LogP contribution in [0.5, 0.6) is 0 Å². The number of aromatic nitrogens is 2. The Hall–Kier alpha value is -3.02. The average molecular weight is 312 g/mol. The number of benzene rings is 2. The Kier molecular flexibility index (Phi) is 4.14. The van der Waals surface area contributed by atoms with Gasteiger partial charge in [0.15, 0.2) is 0 Å². The first-order chi connectivity index (χ1) is 11.1. The van der Waals surface area contributed by atoms with E-state index in [1.807, 2.05) is 6.92 Å². The van der Waals surface area contributed by atoms with Gasteiger partial charge in [0, 0.05) is 23.1 Å². The maximum Gasteiger partial charge on any atom is 0.229 e. The van der Waals surface area contributed by atoms with Gasteiger partial charge >= 0.3 is 0 Å². The van der Waals surface area contributed by atoms with E-state index in [1.165, 1.54) is 24.3 Å². The molecule has 0 unspecified atom stereocenters. The van der Waals surface area contributed by atoms with Gasteiger partial charge in [-0.2, -0.15) is 4.98 Å². The van der Waals surface area contributed by atoms with E-state index in [2.05, 4.69) is 20.6 Å². The number of anilines is 4. The van der Waals surface area contributed by atoms with E-state index in [0.29, 0.717) is 23.1 Å². The van der Waals surface area contributed by atoms with Gasteiger partial charge < -0.3 is 10.6 Å². The predicted molar refractivity (Wildman–Crippen MR) is 86.1 cm³/mol. The molecule has 1 heterocycles. The second kappa shape index (κ2) is 6.39. The summed E-state index contributed by atoms with van der Waals surface area (Å²) in [6, 6.07) is 13.8. The SMILES string of the molecule is Cc1cc(Nc2ccc(F)cc2)nc(Nc2cccc(F)c2)n1. The summed E-state index contributed by atoms with van der Waals surface area (Å²) in [6.07, 6.45) is 0. The normalized spacial score (nSPS) is 10.4. The molecule has 116 valence electrons. The van der Waals surface area contributed by atoms with Crippen LogP contribution < -0.4 is 10.6 Å². The molecule has 0 atom stereocenters. The van der Waals surface area contributed by atoms with Crippen molar-refractivity contribution in [3.8, 4) is 0 Å². The number of halogens is 2. The van der Waals surface area contributed by atoms with Crippen LogP contribution in [-0.2, 0) is 0 Å². The maximum atomic E-state index is 13.2. The largest absolute Gasteiger partial charge is 0.340 e. The maximum absolute atomic E-state index is 13.2. The standard InChI is InChI=1S/C17H14F2N4/c1-11-9-16(21-14-7-5-12(18)6-8-14)23-17(20-11)22-15-4-2-3-13(19)10-15/h2-10H,1H3,(H2,20,21,22,23). The fourth-order valence-corrected chi connectivity index (χ4v) is 2.06. The molecule has 0 aliphatic rings. The number of rotatable bonds is 4. The first-order valence-corrected chi connectivity index (χ1v) is 6.99. The highest BCUT2D eigenvalue weighted by Crippen LogP contribution is 2.19. The van der Waals surface area contributed by atoms with Crippen LogP contribution in [0.3, 0.4) is 0 Å². The average Bonchev–Trinajstić information content (AvgIpc) is 2.49. The summed E-state index contributed by atoms with van der Waals surface area (Å²) in [6.45, 7) is 1.83. The smallest absolute Gasteiger partial charge is 0.229 e. The second-order valence-electron chi connectivity index (χ2n) is 4.99. The minimum Gasteiger partial charge on any atom is -0.340 e. The molecular weight excluding hydrogens is 298 g/mol. The van der Waals surface area contributed by atoms with Crippen LogP contribution in [0.4, 0.5) is 31.9 Å². The predicted octanol–water partition coefficient (Wildman–Crippen LogP) is 4.55. The second-order valence-corrected chi connectivity index (χ2v) is 4.99. The number of hydrogen-bond donors (Lipinski definition) is 2. The van der Waals surface area contributed by atoms with E-state index in [1.54, 1.807) is 30.3 Å². The van der Waals surface area contributed by atoms with E-state index in [9.17, 15) is 8.78 Å². The minimum absolute atomic E-state index is 0.303. The van der Waals surface area contributed by atoms with Crippen LogP contribution in [0.2, 0.25) is 0 Å². The molecule has 2 N–H and O–H groups in total. The van der Waals surface area contributed by atoms with Gasteiger partial charge in [0.1, 0.15) is 17.5 Å². The summed E-state index contributed by atoms with van der Waals surface area (Å²) in [5, 5.41) is 6.04. The molecule has 0 amide bonds. The van der Waals surface area contributed by atoms with Crippen molar-refractivity contribution >= 4 is 23.1 Å². The zero-order valence-electron chi connectivity index (χ0n) is 12.3. The summed E-state index contributed by atoms with van der Waals surface area (Å²) in [4.78, 5) is 8.60. The van der Waals surface area contributed by atoms with Gasteiger partial charge in [0.25, 0.3) is 0 Å². The summed E-state index contributed by atoms with van der Waals surface area (Å²) in [5.74, 6) is 0.262. The zero-order chi connectivity index (χ0) is 16.2. The lowest BCUT2D eigenvalue weighted by Crippen LogP contribution is -2.02. The molecule has 2 aromatic carbocycles. The first-order valence-electron chi connectivity index (χ1n) is 6.99. The van der Waals surface area contributed by atoms with Crippen molar-refractivity contribution in [3.05, 3.63) is 71.9 Å². The van der Waals surface area contributed by atoms with Crippen LogP contribution in [-0.4, -0.2) is 9.97 Å². The monoisotopic (exact) mass is 312 g/mol. The van der Waals surface area contributed by atoms with Gasteiger partial charge in [-0.3, -0.25) is 0 Å². The third-order valence-corrected chi connectivity index (χ3v) is 3.05. The lowest BCUT2D eigenvalue weighted by molar-refractivity contribution is 0.627. The molecule has 3 rings (SSSR count). The van der Waals surface area contributed by atoms with Crippen LogP contribution in [0, 0.1) is 18.6 Å². The molecule has 0 aliphatic carbocycles. The van der Waals surface area contributed by atoms with Crippen LogP contribution in [0.1, 0.15) is 5.69 Å². The summed E-state index contributed by atoms with van der Waals surface area (Å²) < 4.78 is 26.2. The Bertz CT molecular complexity index is 819. The lowest BCUT2D eigenvalue weighted by atomic mass is 10.3. The van der Waals surface area contributed by atoms with E-state index >= 15 is 0 Å². The highest BCUT2D eigenvalue weighted by molar-refractivity contribution is 5.60. The Morgan fingerprint density at radius 1 is 0.783 bits per heavy atom. The summed E-state index contributed by atoms with van der Waals surface area (Å²) in [7, 11) is 0. The van der Waals surface area contributed by atoms with Gasteiger partial charge in [-0.1, -0.05) is 6.07 Å². The van der Waals surface area contributed by atoms with Crippen molar-refractivity contribution in [2.24, 2.45) is 0 Å². The fourth-order valence-electron chi connectivity index (χ4n) is 2.06. The Balaban J connectivity index is 1.82. The van der Waals surface area contributed by atoms with Crippen molar-refractivity contribution in [2.75, 3.05) is 10.6 Å². The van der Waals surface area contributed by atoms with Crippen LogP contribution >= 0.6 is 0 Å². The molecule has 0 spiro atoms. The van der Waals surface area contributed by atoms with E-state index < -0.39 is 0 Å². The minimum atomic E-state index is -0.340. The Morgan fingerprint density at radius 2 is 1.57 bits per heavy atom. The molecule has 0 radical (unpaired) electrons. The van der Waals surface area contributed by atoms with Crippen molar-refractivity contribution in [1.82, 2.24) is 9.97 Å². The fraction of sp³-hybridized carbons (Fsp3) is 0.0588. The molecule has 6 heteroatoms. The van der Waals surface area contributed by atoms with E-state index in [0.717, 1.165) is 5.69 Å². The van der Waals surface area contributed by atoms with Crippen molar-refractivity contribution in [1.29, 1.82) is 0 Å².